The monoisotopic (exact) mass is 487 g/mol. The highest BCUT2D eigenvalue weighted by Gasteiger charge is 2.18. The summed E-state index contributed by atoms with van der Waals surface area (Å²) in [6.07, 6.45) is 3.70. The van der Waals surface area contributed by atoms with E-state index in [0.29, 0.717) is 6.73 Å². The summed E-state index contributed by atoms with van der Waals surface area (Å²) in [6.45, 7) is 11.4. The summed E-state index contributed by atoms with van der Waals surface area (Å²) in [6, 6.07) is 17.7. The summed E-state index contributed by atoms with van der Waals surface area (Å²) in [5.41, 5.74) is 5.05. The quantitative estimate of drug-likeness (QED) is 0.248. The maximum absolute atomic E-state index is 6.08. The van der Waals surface area contributed by atoms with Gasteiger partial charge in [-0.2, -0.15) is 5.10 Å². The van der Waals surface area contributed by atoms with Crippen LogP contribution >= 0.6 is 0 Å². The zero-order chi connectivity index (χ0) is 24.3. The molecule has 35 heavy (non-hydrogen) atoms. The van der Waals surface area contributed by atoms with Crippen molar-refractivity contribution in [2.24, 2.45) is 0 Å². The highest BCUT2D eigenvalue weighted by atomic mass is 28.3. The molecule has 8 heteroatoms. The summed E-state index contributed by atoms with van der Waals surface area (Å²) in [4.78, 5) is 11.4. The summed E-state index contributed by atoms with van der Waals surface area (Å²) < 4.78 is 13.6. The molecule has 5 rings (SSSR count). The standard InChI is InChI=1S/C27H33N5O2Si/c1-35(2,3)17-16-34-20-32-25-8-7-21(24-6-4-5-10-28-24)18-23(25)27(30-32)22-9-11-29-26(19-22)31-12-14-33-15-13-31/h4-11,18-19H,12-17,20H2,1-3H3. The highest BCUT2D eigenvalue weighted by Crippen LogP contribution is 2.32. The van der Waals surface area contributed by atoms with E-state index in [-0.39, 0.29) is 0 Å². The predicted octanol–water partition coefficient (Wildman–Crippen LogP) is 5.31. The molecule has 1 fully saturated rings. The van der Waals surface area contributed by atoms with Crippen molar-refractivity contribution in [1.82, 2.24) is 19.7 Å². The number of hydrogen-bond donors (Lipinski definition) is 0. The molecule has 0 unspecified atom stereocenters. The number of pyridine rings is 2. The van der Waals surface area contributed by atoms with Crippen molar-refractivity contribution in [2.75, 3.05) is 37.8 Å². The van der Waals surface area contributed by atoms with Crippen molar-refractivity contribution in [3.8, 4) is 22.5 Å². The average molecular weight is 488 g/mol. The fourth-order valence-corrected chi connectivity index (χ4v) is 5.00. The lowest BCUT2D eigenvalue weighted by atomic mass is 10.0. The Hall–Kier alpha value is -3.07. The fourth-order valence-electron chi connectivity index (χ4n) is 4.24. The summed E-state index contributed by atoms with van der Waals surface area (Å²) in [5.74, 6) is 0.959. The molecule has 0 N–H and O–H groups in total. The molecule has 0 bridgehead atoms. The Labute approximate surface area is 207 Å². The van der Waals surface area contributed by atoms with Gasteiger partial charge in [0.2, 0.25) is 0 Å². The van der Waals surface area contributed by atoms with E-state index >= 15 is 0 Å². The lowest BCUT2D eigenvalue weighted by Crippen LogP contribution is -2.36. The molecule has 4 aromatic rings. The van der Waals surface area contributed by atoms with Crippen molar-refractivity contribution in [3.63, 3.8) is 0 Å². The second kappa shape index (κ2) is 10.3. The Balaban J connectivity index is 1.52. The first-order chi connectivity index (χ1) is 17.0. The Morgan fingerprint density at radius 1 is 0.943 bits per heavy atom. The molecule has 0 radical (unpaired) electrons. The van der Waals surface area contributed by atoms with E-state index < -0.39 is 8.07 Å². The predicted molar refractivity (Wildman–Crippen MR) is 143 cm³/mol. The summed E-state index contributed by atoms with van der Waals surface area (Å²) in [7, 11) is -1.15. The number of rotatable bonds is 8. The molecule has 4 heterocycles. The van der Waals surface area contributed by atoms with Gasteiger partial charge in [-0.05, 0) is 42.4 Å². The Morgan fingerprint density at radius 2 is 1.80 bits per heavy atom. The molecule has 182 valence electrons. The van der Waals surface area contributed by atoms with E-state index in [1.165, 1.54) is 0 Å². The third kappa shape index (κ3) is 5.61. The third-order valence-electron chi connectivity index (χ3n) is 6.28. The van der Waals surface area contributed by atoms with E-state index in [1.54, 1.807) is 0 Å². The topological polar surface area (TPSA) is 65.3 Å². The lowest BCUT2D eigenvalue weighted by molar-refractivity contribution is 0.0818. The number of ether oxygens (including phenoxy) is 2. The summed E-state index contributed by atoms with van der Waals surface area (Å²) in [5, 5.41) is 6.11. The van der Waals surface area contributed by atoms with Gasteiger partial charge in [0, 0.05) is 56.7 Å². The van der Waals surface area contributed by atoms with Gasteiger partial charge < -0.3 is 14.4 Å². The van der Waals surface area contributed by atoms with Crippen LogP contribution in [0.4, 0.5) is 5.82 Å². The van der Waals surface area contributed by atoms with Crippen molar-refractivity contribution in [1.29, 1.82) is 0 Å². The van der Waals surface area contributed by atoms with Gasteiger partial charge in [-0.15, -0.1) is 0 Å². The first kappa shape index (κ1) is 23.7. The molecule has 0 spiro atoms. The van der Waals surface area contributed by atoms with E-state index in [4.69, 9.17) is 14.6 Å². The van der Waals surface area contributed by atoms with Gasteiger partial charge in [-0.3, -0.25) is 4.98 Å². The number of fused-ring (bicyclic) bond motifs is 1. The van der Waals surface area contributed by atoms with Crippen LogP contribution in [-0.4, -0.2) is 60.7 Å². The van der Waals surface area contributed by atoms with E-state index in [9.17, 15) is 0 Å². The first-order valence-electron chi connectivity index (χ1n) is 12.3. The van der Waals surface area contributed by atoms with Crippen LogP contribution in [-0.2, 0) is 16.2 Å². The molecule has 1 saturated heterocycles. The molecule has 3 aromatic heterocycles. The van der Waals surface area contributed by atoms with Gasteiger partial charge >= 0.3 is 0 Å². The maximum atomic E-state index is 6.08. The number of nitrogens with zero attached hydrogens (tertiary/aromatic N) is 5. The van der Waals surface area contributed by atoms with E-state index in [1.807, 2.05) is 41.3 Å². The van der Waals surface area contributed by atoms with Crippen molar-refractivity contribution in [3.05, 3.63) is 60.9 Å². The number of morpholine rings is 1. The second-order valence-corrected chi connectivity index (χ2v) is 15.8. The third-order valence-corrected chi connectivity index (χ3v) is 7.98. The van der Waals surface area contributed by atoms with Crippen LogP contribution in [0.5, 0.6) is 0 Å². The van der Waals surface area contributed by atoms with Gasteiger partial charge in [0.25, 0.3) is 0 Å². The van der Waals surface area contributed by atoms with E-state index in [0.717, 1.165) is 78.2 Å². The Morgan fingerprint density at radius 3 is 2.57 bits per heavy atom. The molecule has 0 atom stereocenters. The molecule has 1 aliphatic rings. The largest absolute Gasteiger partial charge is 0.378 e. The van der Waals surface area contributed by atoms with Crippen LogP contribution < -0.4 is 4.90 Å². The van der Waals surface area contributed by atoms with Crippen LogP contribution in [0.15, 0.2) is 60.9 Å². The van der Waals surface area contributed by atoms with Crippen LogP contribution in [0, 0.1) is 0 Å². The molecular formula is C27H33N5O2Si. The molecule has 0 saturated carbocycles. The van der Waals surface area contributed by atoms with Crippen molar-refractivity contribution >= 4 is 24.8 Å². The lowest BCUT2D eigenvalue weighted by Gasteiger charge is -2.27. The molecule has 0 aliphatic carbocycles. The van der Waals surface area contributed by atoms with Gasteiger partial charge in [0.1, 0.15) is 18.2 Å². The molecule has 1 aliphatic heterocycles. The van der Waals surface area contributed by atoms with Crippen LogP contribution in [0.25, 0.3) is 33.4 Å². The second-order valence-electron chi connectivity index (χ2n) is 10.1. The minimum atomic E-state index is -1.15. The Kier molecular flexibility index (Phi) is 6.94. The number of aromatic nitrogens is 4. The zero-order valence-electron chi connectivity index (χ0n) is 20.8. The SMILES string of the molecule is C[Si](C)(C)CCOCn1nc(-c2ccnc(N3CCOCC3)c2)c2cc(-c3ccccn3)ccc21. The molecule has 0 amide bonds. The Bertz CT molecular complexity index is 1280. The van der Waals surface area contributed by atoms with Crippen molar-refractivity contribution < 1.29 is 9.47 Å². The van der Waals surface area contributed by atoms with Crippen LogP contribution in [0.1, 0.15) is 0 Å². The van der Waals surface area contributed by atoms with E-state index in [2.05, 4.69) is 58.8 Å². The first-order valence-corrected chi connectivity index (χ1v) is 16.0. The van der Waals surface area contributed by atoms with Crippen LogP contribution in [0.2, 0.25) is 25.7 Å². The molecule has 1 aromatic carbocycles. The number of hydrogen-bond acceptors (Lipinski definition) is 6. The minimum Gasteiger partial charge on any atom is -0.378 e. The average Bonchev–Trinajstić information content (AvgIpc) is 3.25. The minimum absolute atomic E-state index is 0.436. The smallest absolute Gasteiger partial charge is 0.140 e. The normalized spacial score (nSPS) is 14.5. The molecule has 7 nitrogen and oxygen atoms in total. The fraction of sp³-hybridized carbons (Fsp3) is 0.370. The van der Waals surface area contributed by atoms with Gasteiger partial charge in [-0.25, -0.2) is 9.67 Å². The van der Waals surface area contributed by atoms with Gasteiger partial charge in [-0.1, -0.05) is 31.8 Å². The number of benzene rings is 1. The van der Waals surface area contributed by atoms with Gasteiger partial charge in [0.05, 0.1) is 24.4 Å². The number of anilines is 1. The maximum Gasteiger partial charge on any atom is 0.140 e. The van der Waals surface area contributed by atoms with Gasteiger partial charge in [0.15, 0.2) is 0 Å². The summed E-state index contributed by atoms with van der Waals surface area (Å²) >= 11 is 0. The highest BCUT2D eigenvalue weighted by molar-refractivity contribution is 6.76. The van der Waals surface area contributed by atoms with Crippen LogP contribution in [0.3, 0.4) is 0 Å². The zero-order valence-corrected chi connectivity index (χ0v) is 21.8. The molecular weight excluding hydrogens is 454 g/mol. The van der Waals surface area contributed by atoms with Crippen molar-refractivity contribution in [2.45, 2.75) is 32.4 Å².